The van der Waals surface area contributed by atoms with E-state index in [2.05, 4.69) is 19.2 Å². The van der Waals surface area contributed by atoms with Gasteiger partial charge in [-0.3, -0.25) is 0 Å². The van der Waals surface area contributed by atoms with E-state index in [1.54, 1.807) is 0 Å². The molecular weight excluding hydrogens is 102 g/mol. The Hall–Kier alpha value is -0.0800. The number of hydrogen-bond acceptors (Lipinski definition) is 2. The monoisotopic (exact) mass is 115 g/mol. The van der Waals surface area contributed by atoms with E-state index in [1.807, 2.05) is 0 Å². The maximum atomic E-state index is 9.11. The van der Waals surface area contributed by atoms with Crippen molar-refractivity contribution in [2.24, 2.45) is 5.92 Å². The van der Waals surface area contributed by atoms with Crippen molar-refractivity contribution >= 4 is 0 Å². The largest absolute Gasteiger partial charge is 0.391 e. The van der Waals surface area contributed by atoms with Crippen molar-refractivity contribution in [3.63, 3.8) is 0 Å². The van der Waals surface area contributed by atoms with Crippen LogP contribution in [0.4, 0.5) is 0 Å². The Bertz CT molecular complexity index is 74.6. The summed E-state index contributed by atoms with van der Waals surface area (Å²) in [6.45, 7) is 4.93. The molecule has 0 unspecified atom stereocenters. The van der Waals surface area contributed by atoms with Gasteiger partial charge in [0.25, 0.3) is 0 Å². The highest BCUT2D eigenvalue weighted by molar-refractivity contribution is 4.83. The van der Waals surface area contributed by atoms with Gasteiger partial charge in [0, 0.05) is 12.6 Å². The van der Waals surface area contributed by atoms with Gasteiger partial charge in [-0.1, -0.05) is 6.92 Å². The minimum atomic E-state index is -0.120. The van der Waals surface area contributed by atoms with E-state index < -0.39 is 0 Å². The molecule has 1 aliphatic rings. The molecule has 1 heterocycles. The first-order valence-electron chi connectivity index (χ1n) is 3.13. The molecule has 1 rings (SSSR count). The zero-order valence-electron chi connectivity index (χ0n) is 5.39. The third-order valence-corrected chi connectivity index (χ3v) is 2.04. The molecule has 48 valence electrons. The summed E-state index contributed by atoms with van der Waals surface area (Å²) in [5.74, 6) is 0.426. The molecule has 0 aliphatic carbocycles. The van der Waals surface area contributed by atoms with Crippen LogP contribution in [-0.2, 0) is 0 Å². The second-order valence-electron chi connectivity index (χ2n) is 2.62. The fraction of sp³-hybridized carbons (Fsp3) is 1.00. The van der Waals surface area contributed by atoms with Crippen molar-refractivity contribution in [3.8, 4) is 0 Å². The molecular formula is C6H13NO. The van der Waals surface area contributed by atoms with E-state index in [1.165, 1.54) is 0 Å². The van der Waals surface area contributed by atoms with E-state index in [9.17, 15) is 0 Å². The van der Waals surface area contributed by atoms with Crippen LogP contribution in [0, 0.1) is 5.92 Å². The molecule has 0 aromatic heterocycles. The molecule has 3 atom stereocenters. The van der Waals surface area contributed by atoms with Crippen LogP contribution in [0.5, 0.6) is 0 Å². The van der Waals surface area contributed by atoms with E-state index in [-0.39, 0.29) is 6.10 Å². The summed E-state index contributed by atoms with van der Waals surface area (Å²) in [6.07, 6.45) is -0.120. The summed E-state index contributed by atoms with van der Waals surface area (Å²) in [6, 6.07) is 0.491. The number of β-amino-alcohol motifs (C(OH)–C–C–N with tert-alkyl or cyclic N) is 1. The lowest BCUT2D eigenvalue weighted by Crippen LogP contribution is -2.21. The van der Waals surface area contributed by atoms with Crippen molar-refractivity contribution in [2.75, 3.05) is 6.54 Å². The van der Waals surface area contributed by atoms with Gasteiger partial charge in [0.05, 0.1) is 6.10 Å². The molecule has 0 spiro atoms. The minimum Gasteiger partial charge on any atom is -0.391 e. The fourth-order valence-electron chi connectivity index (χ4n) is 1.01. The summed E-state index contributed by atoms with van der Waals surface area (Å²) < 4.78 is 0. The third-order valence-electron chi connectivity index (χ3n) is 2.04. The number of rotatable bonds is 0. The molecule has 1 aliphatic heterocycles. The lowest BCUT2D eigenvalue weighted by Gasteiger charge is -2.09. The highest BCUT2D eigenvalue weighted by atomic mass is 16.3. The lowest BCUT2D eigenvalue weighted by atomic mass is 10.0. The maximum absolute atomic E-state index is 9.11. The van der Waals surface area contributed by atoms with E-state index in [0.29, 0.717) is 12.0 Å². The maximum Gasteiger partial charge on any atom is 0.0704 e. The van der Waals surface area contributed by atoms with E-state index in [4.69, 9.17) is 5.11 Å². The predicted molar refractivity (Wildman–Crippen MR) is 32.6 cm³/mol. The summed E-state index contributed by atoms with van der Waals surface area (Å²) in [7, 11) is 0. The molecule has 8 heavy (non-hydrogen) atoms. The van der Waals surface area contributed by atoms with Crippen LogP contribution in [0.1, 0.15) is 13.8 Å². The Labute approximate surface area is 49.9 Å². The highest BCUT2D eigenvalue weighted by Crippen LogP contribution is 2.13. The zero-order chi connectivity index (χ0) is 6.15. The molecule has 0 aromatic carbocycles. The first-order chi connectivity index (χ1) is 3.72. The number of nitrogens with one attached hydrogen (secondary N) is 1. The average molecular weight is 115 g/mol. The standard InChI is InChI=1S/C6H13NO/c1-4-5(2)7-3-6(4)8/h4-8H,3H2,1-2H3/t4-,5-,6-/m0/s1. The van der Waals surface area contributed by atoms with Gasteiger partial charge < -0.3 is 10.4 Å². The van der Waals surface area contributed by atoms with Gasteiger partial charge in [0.2, 0.25) is 0 Å². The van der Waals surface area contributed by atoms with Gasteiger partial charge in [-0.2, -0.15) is 0 Å². The van der Waals surface area contributed by atoms with Gasteiger partial charge in [0.15, 0.2) is 0 Å². The SMILES string of the molecule is C[C@H]1[C@H](C)NC[C@@H]1O. The Kier molecular flexibility index (Phi) is 1.54. The Balaban J connectivity index is 2.44. The lowest BCUT2D eigenvalue weighted by molar-refractivity contribution is 0.149. The van der Waals surface area contributed by atoms with Crippen molar-refractivity contribution < 1.29 is 5.11 Å². The zero-order valence-corrected chi connectivity index (χ0v) is 5.39. The predicted octanol–water partition coefficient (Wildman–Crippen LogP) is -0.0249. The van der Waals surface area contributed by atoms with Crippen molar-refractivity contribution in [1.29, 1.82) is 0 Å². The molecule has 0 radical (unpaired) electrons. The molecule has 1 fully saturated rings. The van der Waals surface area contributed by atoms with Gasteiger partial charge in [-0.05, 0) is 12.8 Å². The number of aliphatic hydroxyl groups excluding tert-OH is 1. The molecule has 0 bridgehead atoms. The van der Waals surface area contributed by atoms with Gasteiger partial charge in [-0.15, -0.1) is 0 Å². The van der Waals surface area contributed by atoms with Crippen LogP contribution in [0.15, 0.2) is 0 Å². The van der Waals surface area contributed by atoms with Crippen molar-refractivity contribution in [1.82, 2.24) is 5.32 Å². The number of aliphatic hydroxyl groups is 1. The summed E-state index contributed by atoms with van der Waals surface area (Å²) in [5, 5.41) is 12.3. The smallest absolute Gasteiger partial charge is 0.0704 e. The summed E-state index contributed by atoms with van der Waals surface area (Å²) in [4.78, 5) is 0. The van der Waals surface area contributed by atoms with Gasteiger partial charge in [0.1, 0.15) is 0 Å². The van der Waals surface area contributed by atoms with Crippen LogP contribution in [0.3, 0.4) is 0 Å². The molecule has 2 heteroatoms. The Morgan fingerprint density at radius 2 is 2.12 bits per heavy atom. The van der Waals surface area contributed by atoms with Crippen LogP contribution in [0.2, 0.25) is 0 Å². The Morgan fingerprint density at radius 3 is 2.25 bits per heavy atom. The topological polar surface area (TPSA) is 32.3 Å². The summed E-state index contributed by atoms with van der Waals surface area (Å²) >= 11 is 0. The normalized spacial score (nSPS) is 47.6. The summed E-state index contributed by atoms with van der Waals surface area (Å²) in [5.41, 5.74) is 0. The van der Waals surface area contributed by atoms with E-state index >= 15 is 0 Å². The van der Waals surface area contributed by atoms with Gasteiger partial charge >= 0.3 is 0 Å². The Morgan fingerprint density at radius 1 is 1.50 bits per heavy atom. The highest BCUT2D eigenvalue weighted by Gasteiger charge is 2.26. The molecule has 0 aromatic rings. The quantitative estimate of drug-likeness (QED) is 0.465. The van der Waals surface area contributed by atoms with Crippen molar-refractivity contribution in [2.45, 2.75) is 26.0 Å². The van der Waals surface area contributed by atoms with Crippen LogP contribution in [0.25, 0.3) is 0 Å². The van der Waals surface area contributed by atoms with Crippen molar-refractivity contribution in [3.05, 3.63) is 0 Å². The second-order valence-corrected chi connectivity index (χ2v) is 2.62. The number of hydrogen-bond donors (Lipinski definition) is 2. The first kappa shape index (κ1) is 6.05. The van der Waals surface area contributed by atoms with E-state index in [0.717, 1.165) is 6.54 Å². The first-order valence-corrected chi connectivity index (χ1v) is 3.13. The molecule has 2 N–H and O–H groups in total. The van der Waals surface area contributed by atoms with Gasteiger partial charge in [-0.25, -0.2) is 0 Å². The molecule has 0 saturated carbocycles. The second kappa shape index (κ2) is 2.03. The molecule has 0 amide bonds. The van der Waals surface area contributed by atoms with Crippen LogP contribution in [-0.4, -0.2) is 23.8 Å². The minimum absolute atomic E-state index is 0.120. The average Bonchev–Trinajstić information content (AvgIpc) is 1.98. The third kappa shape index (κ3) is 0.858. The fourth-order valence-corrected chi connectivity index (χ4v) is 1.01. The van der Waals surface area contributed by atoms with Crippen LogP contribution < -0.4 is 5.32 Å². The van der Waals surface area contributed by atoms with Crippen LogP contribution >= 0.6 is 0 Å². The molecule has 2 nitrogen and oxygen atoms in total. The molecule has 1 saturated heterocycles.